The van der Waals surface area contributed by atoms with Gasteiger partial charge in [0, 0.05) is 5.69 Å². The number of ether oxygens (including phenoxy) is 1. The molecule has 0 aliphatic carbocycles. The zero-order chi connectivity index (χ0) is 17.8. The molecule has 0 bridgehead atoms. The Morgan fingerprint density at radius 3 is 2.68 bits per heavy atom. The molecule has 1 atom stereocenters. The number of thioether (sulfide) groups is 1. The van der Waals surface area contributed by atoms with Gasteiger partial charge < -0.3 is 20.5 Å². The summed E-state index contributed by atoms with van der Waals surface area (Å²) in [5, 5.41) is 16.0. The maximum absolute atomic E-state index is 12.2. The molecule has 0 aromatic heterocycles. The van der Waals surface area contributed by atoms with Crippen molar-refractivity contribution in [2.45, 2.75) is 18.8 Å². The summed E-state index contributed by atoms with van der Waals surface area (Å²) < 4.78 is 5.03. The van der Waals surface area contributed by atoms with E-state index in [-0.39, 0.29) is 17.2 Å². The van der Waals surface area contributed by atoms with Crippen molar-refractivity contribution in [1.29, 1.82) is 0 Å². The molecule has 1 heterocycles. The molecule has 5 nitrogen and oxygen atoms in total. The van der Waals surface area contributed by atoms with Gasteiger partial charge >= 0.3 is 0 Å². The Bertz CT molecular complexity index is 803. The van der Waals surface area contributed by atoms with Crippen molar-refractivity contribution in [3.63, 3.8) is 0 Å². The number of rotatable bonds is 5. The van der Waals surface area contributed by atoms with Crippen LogP contribution in [0.15, 0.2) is 47.4 Å². The molecule has 130 valence electrons. The maximum atomic E-state index is 12.2. The van der Waals surface area contributed by atoms with E-state index in [2.05, 4.69) is 29.7 Å². The number of benzene rings is 2. The molecule has 0 radical (unpaired) electrons. The highest BCUT2D eigenvalue weighted by Crippen LogP contribution is 2.32. The van der Waals surface area contributed by atoms with E-state index in [9.17, 15) is 9.90 Å². The molecule has 0 spiro atoms. The van der Waals surface area contributed by atoms with Crippen molar-refractivity contribution in [3.05, 3.63) is 58.5 Å². The van der Waals surface area contributed by atoms with Crippen LogP contribution in [0.4, 0.5) is 5.69 Å². The van der Waals surface area contributed by atoms with Crippen molar-refractivity contribution < 1.29 is 14.6 Å². The monoisotopic (exact) mass is 356 g/mol. The second-order valence-electron chi connectivity index (χ2n) is 5.61. The van der Waals surface area contributed by atoms with E-state index in [1.54, 1.807) is 24.3 Å². The standard InChI is InChI=1S/C19H20N2O3S/c1-3-12-4-7-14(8-5-12)20-19-21-18(23)17(25-19)11-13-6-9-16(24-2)15(22)10-13/h4-11,19-20,22H,3H2,1-2H3,(H,21,23). The molecule has 3 rings (SSSR count). The lowest BCUT2D eigenvalue weighted by Gasteiger charge is -2.12. The Labute approximate surface area is 151 Å². The van der Waals surface area contributed by atoms with Crippen LogP contribution in [0.2, 0.25) is 0 Å². The SMILES string of the molecule is CCc1ccc(NC2NC(=O)C(=Cc3ccc(OC)c(O)c3)S2)cc1. The van der Waals surface area contributed by atoms with Gasteiger partial charge in [0.25, 0.3) is 5.91 Å². The first-order chi connectivity index (χ1) is 12.1. The van der Waals surface area contributed by atoms with Gasteiger partial charge in [-0.3, -0.25) is 4.79 Å². The molecular weight excluding hydrogens is 336 g/mol. The van der Waals surface area contributed by atoms with Crippen LogP contribution in [-0.2, 0) is 11.2 Å². The number of carbonyl (C=O) groups is 1. The van der Waals surface area contributed by atoms with Gasteiger partial charge in [-0.2, -0.15) is 0 Å². The predicted octanol–water partition coefficient (Wildman–Crippen LogP) is 3.56. The summed E-state index contributed by atoms with van der Waals surface area (Å²) >= 11 is 1.41. The molecule has 2 aromatic rings. The van der Waals surface area contributed by atoms with E-state index in [0.717, 1.165) is 17.7 Å². The Morgan fingerprint density at radius 2 is 2.04 bits per heavy atom. The highest BCUT2D eigenvalue weighted by Gasteiger charge is 2.27. The van der Waals surface area contributed by atoms with Gasteiger partial charge in [-0.15, -0.1) is 0 Å². The third-order valence-corrected chi connectivity index (χ3v) is 4.92. The molecule has 25 heavy (non-hydrogen) atoms. The molecular formula is C19H20N2O3S. The average molecular weight is 356 g/mol. The molecule has 0 saturated carbocycles. The molecule has 1 aliphatic heterocycles. The number of hydrogen-bond acceptors (Lipinski definition) is 5. The highest BCUT2D eigenvalue weighted by atomic mass is 32.2. The number of methoxy groups -OCH3 is 1. The van der Waals surface area contributed by atoms with Gasteiger partial charge in [0.1, 0.15) is 0 Å². The number of anilines is 1. The maximum Gasteiger partial charge on any atom is 0.260 e. The lowest BCUT2D eigenvalue weighted by atomic mass is 10.1. The third-order valence-electron chi connectivity index (χ3n) is 3.89. The van der Waals surface area contributed by atoms with Crippen molar-refractivity contribution in [1.82, 2.24) is 5.32 Å². The minimum absolute atomic E-state index is 0.0472. The second-order valence-corrected chi connectivity index (χ2v) is 6.75. The Balaban J connectivity index is 1.70. The zero-order valence-electron chi connectivity index (χ0n) is 14.1. The highest BCUT2D eigenvalue weighted by molar-refractivity contribution is 8.05. The molecule has 2 aromatic carbocycles. The van der Waals surface area contributed by atoms with Crippen LogP contribution in [0.25, 0.3) is 6.08 Å². The Kier molecular flexibility index (Phi) is 5.19. The quantitative estimate of drug-likeness (QED) is 0.715. The van der Waals surface area contributed by atoms with Crippen LogP contribution >= 0.6 is 11.8 Å². The summed E-state index contributed by atoms with van der Waals surface area (Å²) in [7, 11) is 1.50. The largest absolute Gasteiger partial charge is 0.504 e. The smallest absolute Gasteiger partial charge is 0.260 e. The Hall–Kier alpha value is -2.60. The first-order valence-electron chi connectivity index (χ1n) is 8.00. The van der Waals surface area contributed by atoms with Gasteiger partial charge in [0.2, 0.25) is 0 Å². The molecule has 1 unspecified atom stereocenters. The lowest BCUT2D eigenvalue weighted by molar-refractivity contribution is -0.116. The fourth-order valence-corrected chi connectivity index (χ4v) is 3.49. The summed E-state index contributed by atoms with van der Waals surface area (Å²) in [6, 6.07) is 13.2. The minimum atomic E-state index is -0.224. The number of phenols is 1. The van der Waals surface area contributed by atoms with Gasteiger partial charge in [0.05, 0.1) is 12.0 Å². The average Bonchev–Trinajstić information content (AvgIpc) is 2.95. The van der Waals surface area contributed by atoms with E-state index < -0.39 is 0 Å². The van der Waals surface area contributed by atoms with Gasteiger partial charge in [0.15, 0.2) is 17.0 Å². The Morgan fingerprint density at radius 1 is 1.28 bits per heavy atom. The van der Waals surface area contributed by atoms with Crippen LogP contribution < -0.4 is 15.4 Å². The van der Waals surface area contributed by atoms with Crippen LogP contribution in [0, 0.1) is 0 Å². The van der Waals surface area contributed by atoms with Crippen LogP contribution in [0.3, 0.4) is 0 Å². The summed E-state index contributed by atoms with van der Waals surface area (Å²) in [6.45, 7) is 2.11. The molecule has 6 heteroatoms. The summed E-state index contributed by atoms with van der Waals surface area (Å²) in [6.07, 6.45) is 2.75. The van der Waals surface area contributed by atoms with E-state index in [1.807, 2.05) is 12.1 Å². The normalized spacial score (nSPS) is 18.2. The lowest BCUT2D eigenvalue weighted by Crippen LogP contribution is -2.30. The van der Waals surface area contributed by atoms with Gasteiger partial charge in [-0.25, -0.2) is 0 Å². The van der Waals surface area contributed by atoms with Crippen molar-refractivity contribution >= 4 is 29.4 Å². The number of aryl methyl sites for hydroxylation is 1. The number of carbonyl (C=O) groups excluding carboxylic acids is 1. The number of aromatic hydroxyl groups is 1. The minimum Gasteiger partial charge on any atom is -0.504 e. The molecule has 1 fully saturated rings. The van der Waals surface area contributed by atoms with E-state index in [0.29, 0.717) is 10.7 Å². The molecule has 1 aliphatic rings. The first-order valence-corrected chi connectivity index (χ1v) is 8.88. The van der Waals surface area contributed by atoms with Crippen molar-refractivity contribution in [2.75, 3.05) is 12.4 Å². The van der Waals surface area contributed by atoms with E-state index >= 15 is 0 Å². The fourth-order valence-electron chi connectivity index (χ4n) is 2.50. The molecule has 3 N–H and O–H groups in total. The third kappa shape index (κ3) is 4.09. The first kappa shape index (κ1) is 17.2. The number of amides is 1. The summed E-state index contributed by atoms with van der Waals surface area (Å²) in [5.74, 6) is 0.315. The van der Waals surface area contributed by atoms with Crippen LogP contribution in [0.1, 0.15) is 18.1 Å². The zero-order valence-corrected chi connectivity index (χ0v) is 14.9. The van der Waals surface area contributed by atoms with Crippen molar-refractivity contribution in [3.8, 4) is 11.5 Å². The van der Waals surface area contributed by atoms with E-state index in [4.69, 9.17) is 4.74 Å². The molecule has 1 saturated heterocycles. The van der Waals surface area contributed by atoms with Gasteiger partial charge in [-0.05, 0) is 47.9 Å². The van der Waals surface area contributed by atoms with E-state index in [1.165, 1.54) is 24.4 Å². The second kappa shape index (κ2) is 7.53. The summed E-state index contributed by atoms with van der Waals surface area (Å²) in [4.78, 5) is 12.8. The predicted molar refractivity (Wildman–Crippen MR) is 102 cm³/mol. The molecule has 1 amide bonds. The van der Waals surface area contributed by atoms with Crippen LogP contribution in [-0.4, -0.2) is 23.6 Å². The van der Waals surface area contributed by atoms with Gasteiger partial charge in [-0.1, -0.05) is 36.9 Å². The number of nitrogens with one attached hydrogen (secondary N) is 2. The van der Waals surface area contributed by atoms with Crippen LogP contribution in [0.5, 0.6) is 11.5 Å². The summed E-state index contributed by atoms with van der Waals surface area (Å²) in [5.41, 5.74) is 2.74. The fraction of sp³-hybridized carbons (Fsp3) is 0.211. The topological polar surface area (TPSA) is 70.6 Å². The number of phenolic OH excluding ortho intramolecular Hbond substituents is 1. The van der Waals surface area contributed by atoms with Crippen molar-refractivity contribution in [2.24, 2.45) is 0 Å². The number of hydrogen-bond donors (Lipinski definition) is 3.